The summed E-state index contributed by atoms with van der Waals surface area (Å²) in [6, 6.07) is 38.8. The van der Waals surface area contributed by atoms with Crippen molar-refractivity contribution in [3.63, 3.8) is 0 Å². The van der Waals surface area contributed by atoms with Crippen molar-refractivity contribution in [3.8, 4) is 33.8 Å². The van der Waals surface area contributed by atoms with E-state index < -0.39 is 0 Å². The van der Waals surface area contributed by atoms with Crippen molar-refractivity contribution in [1.29, 1.82) is 0 Å². The topological polar surface area (TPSA) is 66.6 Å². The first-order valence-corrected chi connectivity index (χ1v) is 15.2. The van der Waals surface area contributed by atoms with Crippen LogP contribution < -0.4 is 4.74 Å². The first-order valence-electron chi connectivity index (χ1n) is 14.4. The highest BCUT2D eigenvalue weighted by Gasteiger charge is 2.17. The van der Waals surface area contributed by atoms with Gasteiger partial charge >= 0.3 is 0 Å². The van der Waals surface area contributed by atoms with Gasteiger partial charge in [0.1, 0.15) is 5.75 Å². The Morgan fingerprint density at radius 3 is 1.34 bits per heavy atom. The number of halogens is 1. The smallest absolute Gasteiger partial charge is 0.174 e. The summed E-state index contributed by atoms with van der Waals surface area (Å²) in [4.78, 5) is 17.5. The second kappa shape index (κ2) is 11.0. The molecule has 0 atom stereocenters. The monoisotopic (exact) mass is 632 g/mol. The Morgan fingerprint density at radius 2 is 0.864 bits per heavy atom. The van der Waals surface area contributed by atoms with Crippen LogP contribution in [0.25, 0.3) is 68.6 Å². The highest BCUT2D eigenvalue weighted by atomic mass is 79.9. The minimum Gasteiger partial charge on any atom is -0.453 e. The third-order valence-electron chi connectivity index (χ3n) is 7.73. The summed E-state index contributed by atoms with van der Waals surface area (Å²) in [6.07, 6.45) is 8.19. The van der Waals surface area contributed by atoms with Crippen molar-refractivity contribution >= 4 is 62.3 Å². The lowest BCUT2D eigenvalue weighted by Crippen LogP contribution is -1.88. The Morgan fingerprint density at radius 1 is 0.455 bits per heavy atom. The first kappa shape index (κ1) is 26.2. The first-order chi connectivity index (χ1) is 21.7. The van der Waals surface area contributed by atoms with Crippen LogP contribution in [-0.4, -0.2) is 19.9 Å². The molecule has 210 valence electrons. The highest BCUT2D eigenvalue weighted by Crippen LogP contribution is 2.37. The van der Waals surface area contributed by atoms with Crippen LogP contribution in [0.15, 0.2) is 120 Å². The Balaban J connectivity index is 1.52. The molecule has 0 amide bonds. The van der Waals surface area contributed by atoms with Crippen molar-refractivity contribution in [1.82, 2.24) is 19.9 Å². The van der Waals surface area contributed by atoms with Gasteiger partial charge in [0, 0.05) is 22.2 Å². The van der Waals surface area contributed by atoms with Gasteiger partial charge in [-0.1, -0.05) is 78.9 Å². The standard InChI is InChI=1S/C38H25BrN4O/c39-37-31-20-16-27(40-31)35(24-10-4-1-5-11-24)29-18-22-33(42-29)38(44-26-14-8-3-9-15-26)34-23-19-30(43-34)36(25-12-6-2-7-13-25)28-17-21-32(37)41-28/h1-23,42-43H. The Bertz CT molecular complexity index is 2110. The lowest BCUT2D eigenvalue weighted by atomic mass is 10.0. The molecule has 6 heteroatoms. The number of H-pyrrole nitrogens is 2. The van der Waals surface area contributed by atoms with Crippen molar-refractivity contribution in [2.24, 2.45) is 0 Å². The number of ether oxygens (including phenoxy) is 1. The van der Waals surface area contributed by atoms with Crippen molar-refractivity contribution < 1.29 is 4.74 Å². The van der Waals surface area contributed by atoms with Gasteiger partial charge in [0.25, 0.3) is 0 Å². The lowest BCUT2D eigenvalue weighted by Gasteiger charge is -2.07. The van der Waals surface area contributed by atoms with Gasteiger partial charge in [-0.15, -0.1) is 0 Å². The van der Waals surface area contributed by atoms with E-state index in [-0.39, 0.29) is 0 Å². The fourth-order valence-electron chi connectivity index (χ4n) is 5.68. The molecule has 2 aliphatic heterocycles. The van der Waals surface area contributed by atoms with E-state index >= 15 is 0 Å². The van der Waals surface area contributed by atoms with Crippen LogP contribution in [-0.2, 0) is 0 Å². The van der Waals surface area contributed by atoms with E-state index in [0.717, 1.165) is 77.3 Å². The Labute approximate surface area is 262 Å². The fourth-order valence-corrected chi connectivity index (χ4v) is 6.12. The van der Waals surface area contributed by atoms with Gasteiger partial charge in [-0.2, -0.15) is 0 Å². The summed E-state index contributed by atoms with van der Waals surface area (Å²) in [6.45, 7) is 0. The number of hydrogen-bond acceptors (Lipinski definition) is 3. The summed E-state index contributed by atoms with van der Waals surface area (Å²) in [5, 5.41) is 0. The number of para-hydroxylation sites is 1. The van der Waals surface area contributed by atoms with Gasteiger partial charge in [-0.05, 0) is 87.8 Å². The van der Waals surface area contributed by atoms with Crippen LogP contribution in [0.1, 0.15) is 22.8 Å². The van der Waals surface area contributed by atoms with Crippen LogP contribution in [0.3, 0.4) is 0 Å². The molecule has 0 unspecified atom stereocenters. The molecule has 5 heterocycles. The predicted molar refractivity (Wildman–Crippen MR) is 184 cm³/mol. The number of aromatic amines is 2. The molecule has 5 nitrogen and oxygen atoms in total. The molecule has 0 aliphatic carbocycles. The van der Waals surface area contributed by atoms with Gasteiger partial charge in [0.2, 0.25) is 0 Å². The maximum Gasteiger partial charge on any atom is 0.174 e. The summed E-state index contributed by atoms with van der Waals surface area (Å²) in [5.74, 6) is 1.43. The van der Waals surface area contributed by atoms with E-state index in [1.807, 2.05) is 78.9 Å². The summed E-state index contributed by atoms with van der Waals surface area (Å²) < 4.78 is 7.44. The highest BCUT2D eigenvalue weighted by molar-refractivity contribution is 9.10. The SMILES string of the molecule is Brc1c2nc(c(-c3ccccc3)c3ccc([nH]3)c(Oc3ccccc3)c3ccc([nH]3)c(-c3ccccc3)c3nc1C=C3)C=C2. The minimum absolute atomic E-state index is 0.684. The van der Waals surface area contributed by atoms with Crippen LogP contribution in [0, 0.1) is 0 Å². The van der Waals surface area contributed by atoms with Crippen LogP contribution in [0.2, 0.25) is 0 Å². The van der Waals surface area contributed by atoms with E-state index in [4.69, 9.17) is 14.7 Å². The number of fused-ring (bicyclic) bond motifs is 8. The molecular formula is C38H25BrN4O. The summed E-state index contributed by atoms with van der Waals surface area (Å²) in [7, 11) is 0. The zero-order valence-electron chi connectivity index (χ0n) is 23.5. The molecule has 2 N–H and O–H groups in total. The van der Waals surface area contributed by atoms with Crippen molar-refractivity contribution in [3.05, 3.63) is 143 Å². The second-order valence-corrected chi connectivity index (χ2v) is 11.3. The maximum atomic E-state index is 6.60. The molecule has 0 saturated carbocycles. The van der Waals surface area contributed by atoms with Gasteiger partial charge in [0.15, 0.2) is 5.75 Å². The number of hydrogen-bond donors (Lipinski definition) is 2. The number of benzene rings is 3. The summed E-state index contributed by atoms with van der Waals surface area (Å²) in [5.41, 5.74) is 11.0. The minimum atomic E-state index is 0.684. The average Bonchev–Trinajstić information content (AvgIpc) is 3.90. The number of nitrogens with zero attached hydrogens (tertiary/aromatic N) is 2. The van der Waals surface area contributed by atoms with E-state index in [0.29, 0.717) is 5.75 Å². The van der Waals surface area contributed by atoms with Gasteiger partial charge in [0.05, 0.1) is 38.3 Å². The van der Waals surface area contributed by atoms with Crippen molar-refractivity contribution in [2.75, 3.05) is 0 Å². The van der Waals surface area contributed by atoms with Gasteiger partial charge in [-0.25, -0.2) is 9.97 Å². The van der Waals surface area contributed by atoms with E-state index in [9.17, 15) is 0 Å². The van der Waals surface area contributed by atoms with E-state index in [1.54, 1.807) is 0 Å². The molecule has 0 fully saturated rings. The predicted octanol–water partition coefficient (Wildman–Crippen LogP) is 10.5. The molecule has 6 aromatic rings. The quantitative estimate of drug-likeness (QED) is 0.203. The molecule has 44 heavy (non-hydrogen) atoms. The molecular weight excluding hydrogens is 608 g/mol. The lowest BCUT2D eigenvalue weighted by molar-refractivity contribution is 0.491. The number of nitrogens with one attached hydrogen (secondary N) is 2. The molecule has 2 aliphatic rings. The molecule has 8 rings (SSSR count). The fraction of sp³-hybridized carbons (Fsp3) is 0. The Hall–Kier alpha value is -5.46. The molecule has 0 spiro atoms. The van der Waals surface area contributed by atoms with Crippen LogP contribution in [0.5, 0.6) is 11.5 Å². The third-order valence-corrected chi connectivity index (χ3v) is 8.54. The zero-order valence-corrected chi connectivity index (χ0v) is 25.0. The number of rotatable bonds is 4. The Kier molecular flexibility index (Phi) is 6.54. The van der Waals surface area contributed by atoms with Crippen molar-refractivity contribution in [2.45, 2.75) is 0 Å². The van der Waals surface area contributed by atoms with Crippen LogP contribution in [0.4, 0.5) is 0 Å². The normalized spacial score (nSPS) is 12.0. The maximum absolute atomic E-state index is 6.60. The summed E-state index contributed by atoms with van der Waals surface area (Å²) >= 11 is 3.83. The largest absolute Gasteiger partial charge is 0.453 e. The third kappa shape index (κ3) is 4.75. The van der Waals surface area contributed by atoms with E-state index in [2.05, 4.69) is 86.6 Å². The average molecular weight is 634 g/mol. The molecule has 3 aromatic heterocycles. The van der Waals surface area contributed by atoms with E-state index in [1.165, 1.54) is 0 Å². The number of aromatic nitrogens is 4. The molecule has 8 bridgehead atoms. The molecule has 0 radical (unpaired) electrons. The van der Waals surface area contributed by atoms with Gasteiger partial charge in [-0.3, -0.25) is 0 Å². The van der Waals surface area contributed by atoms with Crippen LogP contribution >= 0.6 is 15.9 Å². The van der Waals surface area contributed by atoms with Gasteiger partial charge < -0.3 is 14.7 Å². The molecule has 0 saturated heterocycles. The zero-order chi connectivity index (χ0) is 29.5. The second-order valence-electron chi connectivity index (χ2n) is 10.5. The molecule has 3 aromatic carbocycles.